The fourth-order valence-corrected chi connectivity index (χ4v) is 2.63. The Bertz CT molecular complexity index is 1060. The van der Waals surface area contributed by atoms with Gasteiger partial charge in [-0.2, -0.15) is 18.4 Å². The second-order valence-electron chi connectivity index (χ2n) is 5.93. The van der Waals surface area contributed by atoms with Gasteiger partial charge in [-0.1, -0.05) is 17.7 Å². The van der Waals surface area contributed by atoms with Gasteiger partial charge in [-0.3, -0.25) is 9.97 Å². The molecule has 0 fully saturated rings. The number of rotatable bonds is 5. The molecular weight excluding hydrogens is 403 g/mol. The number of ether oxygens (including phenoxy) is 1. The number of halogens is 4. The summed E-state index contributed by atoms with van der Waals surface area (Å²) in [4.78, 5) is 7.78. The van der Waals surface area contributed by atoms with Crippen molar-refractivity contribution in [3.8, 4) is 11.8 Å². The average Bonchev–Trinajstić information content (AvgIpc) is 2.71. The Morgan fingerprint density at radius 2 is 2.00 bits per heavy atom. The fourth-order valence-electron chi connectivity index (χ4n) is 2.45. The molecule has 3 aromatic rings. The van der Waals surface area contributed by atoms with Gasteiger partial charge in [0.2, 0.25) is 0 Å². The summed E-state index contributed by atoms with van der Waals surface area (Å²) in [6.07, 6.45) is 0.981. The highest BCUT2D eigenvalue weighted by Crippen LogP contribution is 2.31. The first-order valence-corrected chi connectivity index (χ1v) is 8.71. The fraction of sp³-hybridized carbons (Fsp3) is 0.0952. The molecule has 1 aromatic carbocycles. The van der Waals surface area contributed by atoms with E-state index in [1.807, 2.05) is 12.1 Å². The van der Waals surface area contributed by atoms with Crippen LogP contribution < -0.4 is 4.74 Å². The molecule has 0 atom stereocenters. The number of nitrogens with zero attached hydrogens (tertiary/aromatic N) is 3. The van der Waals surface area contributed by atoms with E-state index in [4.69, 9.17) is 16.3 Å². The molecule has 0 amide bonds. The van der Waals surface area contributed by atoms with Crippen LogP contribution in [0.2, 0.25) is 5.02 Å². The Balaban J connectivity index is 1.90. The third-order valence-electron chi connectivity index (χ3n) is 3.88. The van der Waals surface area contributed by atoms with Crippen LogP contribution in [0.1, 0.15) is 22.4 Å². The molecule has 0 aliphatic heterocycles. The lowest BCUT2D eigenvalue weighted by Crippen LogP contribution is -2.05. The van der Waals surface area contributed by atoms with Crippen LogP contribution in [-0.2, 0) is 12.8 Å². The first-order chi connectivity index (χ1) is 13.9. The van der Waals surface area contributed by atoms with Crippen LogP contribution in [0.5, 0.6) is 5.75 Å². The third kappa shape index (κ3) is 5.33. The Morgan fingerprint density at radius 3 is 2.62 bits per heavy atom. The smallest absolute Gasteiger partial charge is 0.417 e. The monoisotopic (exact) mass is 415 g/mol. The van der Waals surface area contributed by atoms with Gasteiger partial charge in [0.15, 0.2) is 0 Å². The van der Waals surface area contributed by atoms with Crippen molar-refractivity contribution in [3.63, 3.8) is 0 Å². The second kappa shape index (κ2) is 8.76. The summed E-state index contributed by atoms with van der Waals surface area (Å²) >= 11 is 6.06. The van der Waals surface area contributed by atoms with E-state index in [1.54, 1.807) is 36.7 Å². The molecular formula is C21H13ClF3N3O. The molecule has 3 rings (SSSR count). The zero-order valence-electron chi connectivity index (χ0n) is 14.8. The minimum absolute atomic E-state index is 0.0761. The molecule has 8 heteroatoms. The number of allylic oxidation sites excluding steroid dienone is 1. The summed E-state index contributed by atoms with van der Waals surface area (Å²) in [5.74, 6) is 0.456. The van der Waals surface area contributed by atoms with E-state index in [9.17, 15) is 18.4 Å². The third-order valence-corrected chi connectivity index (χ3v) is 4.11. The molecule has 0 unspecified atom stereocenters. The minimum atomic E-state index is -4.50. The topological polar surface area (TPSA) is 58.8 Å². The van der Waals surface area contributed by atoms with E-state index in [0.29, 0.717) is 22.5 Å². The molecule has 4 nitrogen and oxygen atoms in total. The van der Waals surface area contributed by atoms with E-state index < -0.39 is 11.7 Å². The van der Waals surface area contributed by atoms with E-state index >= 15 is 0 Å². The van der Waals surface area contributed by atoms with Crippen molar-refractivity contribution in [2.24, 2.45) is 0 Å². The van der Waals surface area contributed by atoms with Crippen LogP contribution in [0.25, 0.3) is 11.6 Å². The molecule has 2 aromatic heterocycles. The van der Waals surface area contributed by atoms with Gasteiger partial charge in [-0.05, 0) is 42.5 Å². The number of hydrogen-bond donors (Lipinski definition) is 0. The first kappa shape index (κ1) is 20.4. The Hall–Kier alpha value is -3.37. The number of pyridine rings is 2. The number of alkyl halides is 3. The summed E-state index contributed by atoms with van der Waals surface area (Å²) < 4.78 is 44.0. The lowest BCUT2D eigenvalue weighted by molar-refractivity contribution is -0.137. The van der Waals surface area contributed by atoms with E-state index in [2.05, 4.69) is 9.97 Å². The molecule has 0 radical (unpaired) electrons. The molecule has 0 saturated heterocycles. The highest BCUT2D eigenvalue weighted by atomic mass is 35.5. The lowest BCUT2D eigenvalue weighted by Gasteiger charge is -2.10. The van der Waals surface area contributed by atoms with Crippen molar-refractivity contribution in [1.29, 1.82) is 5.26 Å². The maximum Gasteiger partial charge on any atom is 0.417 e. The van der Waals surface area contributed by atoms with Crippen LogP contribution in [0.15, 0.2) is 61.1 Å². The van der Waals surface area contributed by atoms with Gasteiger partial charge in [0.05, 0.1) is 16.8 Å². The number of nitriles is 1. The molecule has 0 saturated carbocycles. The molecule has 29 heavy (non-hydrogen) atoms. The van der Waals surface area contributed by atoms with E-state index in [-0.39, 0.29) is 17.9 Å². The molecule has 0 aliphatic carbocycles. The van der Waals surface area contributed by atoms with Gasteiger partial charge in [0.25, 0.3) is 0 Å². The highest BCUT2D eigenvalue weighted by Gasteiger charge is 2.30. The number of hydrogen-bond acceptors (Lipinski definition) is 4. The Morgan fingerprint density at radius 1 is 1.17 bits per heavy atom. The predicted molar refractivity (Wildman–Crippen MR) is 103 cm³/mol. The van der Waals surface area contributed by atoms with Crippen LogP contribution in [-0.4, -0.2) is 9.97 Å². The van der Waals surface area contributed by atoms with Crippen molar-refractivity contribution >= 4 is 23.3 Å². The molecule has 0 spiro atoms. The Kier molecular flexibility index (Phi) is 6.15. The van der Waals surface area contributed by atoms with Crippen molar-refractivity contribution in [2.45, 2.75) is 12.8 Å². The maximum absolute atomic E-state index is 12.7. The normalized spacial score (nSPS) is 11.8. The van der Waals surface area contributed by atoms with Crippen LogP contribution in [0.4, 0.5) is 13.2 Å². The van der Waals surface area contributed by atoms with Crippen molar-refractivity contribution in [3.05, 3.63) is 88.5 Å². The summed E-state index contributed by atoms with van der Waals surface area (Å²) in [5, 5.41) is 9.89. The van der Waals surface area contributed by atoms with Crippen molar-refractivity contribution < 1.29 is 17.9 Å². The van der Waals surface area contributed by atoms with E-state index in [1.165, 1.54) is 6.08 Å². The summed E-state index contributed by atoms with van der Waals surface area (Å²) in [7, 11) is 0. The van der Waals surface area contributed by atoms with Gasteiger partial charge < -0.3 is 4.74 Å². The molecule has 0 N–H and O–H groups in total. The van der Waals surface area contributed by atoms with Gasteiger partial charge in [0.1, 0.15) is 18.4 Å². The summed E-state index contributed by atoms with van der Waals surface area (Å²) in [5.41, 5.74) is 0.648. The van der Waals surface area contributed by atoms with Crippen LogP contribution in [0.3, 0.4) is 0 Å². The maximum atomic E-state index is 12.7. The predicted octanol–water partition coefficient (Wildman–Crippen LogP) is 5.79. The van der Waals surface area contributed by atoms with Crippen molar-refractivity contribution in [2.75, 3.05) is 0 Å². The van der Waals surface area contributed by atoms with Gasteiger partial charge in [-0.25, -0.2) is 0 Å². The number of aromatic nitrogens is 2. The summed E-state index contributed by atoms with van der Waals surface area (Å²) in [6.45, 7) is 0.247. The minimum Gasteiger partial charge on any atom is -0.488 e. The zero-order chi connectivity index (χ0) is 20.9. The standard InChI is InChI=1S/C21H13ClF3N3O/c22-18-4-6-20(29-13-14-2-1-7-27-11-14)15(9-18)8-16(10-26)19-5-3-17(12-28-19)21(23,24)25/h1-9,11-12H,13H2/b16-8+. The molecule has 0 aliphatic rings. The highest BCUT2D eigenvalue weighted by molar-refractivity contribution is 6.30. The second-order valence-corrected chi connectivity index (χ2v) is 6.37. The van der Waals surface area contributed by atoms with Crippen molar-refractivity contribution in [1.82, 2.24) is 9.97 Å². The number of benzene rings is 1. The largest absolute Gasteiger partial charge is 0.488 e. The molecule has 146 valence electrons. The zero-order valence-corrected chi connectivity index (χ0v) is 15.6. The lowest BCUT2D eigenvalue weighted by atomic mass is 10.1. The first-order valence-electron chi connectivity index (χ1n) is 8.33. The van der Waals surface area contributed by atoms with Gasteiger partial charge >= 0.3 is 6.18 Å². The summed E-state index contributed by atoms with van der Waals surface area (Å²) in [6, 6.07) is 12.5. The molecule has 0 bridgehead atoms. The van der Waals surface area contributed by atoms with Gasteiger partial charge in [0, 0.05) is 34.7 Å². The molecule has 2 heterocycles. The average molecular weight is 416 g/mol. The van der Waals surface area contributed by atoms with Gasteiger partial charge in [-0.15, -0.1) is 0 Å². The van der Waals surface area contributed by atoms with E-state index in [0.717, 1.165) is 17.7 Å². The SMILES string of the molecule is N#C/C(=C\c1cc(Cl)ccc1OCc1cccnc1)c1ccc(C(F)(F)F)cn1. The Labute approximate surface area is 169 Å². The quantitative estimate of drug-likeness (QED) is 0.495. The van der Waals surface area contributed by atoms with Crippen LogP contribution in [0, 0.1) is 11.3 Å². The van der Waals surface area contributed by atoms with Crippen LogP contribution >= 0.6 is 11.6 Å².